The van der Waals surface area contributed by atoms with E-state index in [2.05, 4.69) is 0 Å². The second-order valence-electron chi connectivity index (χ2n) is 1.40. The molecular formula is C4H8ClFO2. The third kappa shape index (κ3) is 2.45. The molecule has 0 radical (unpaired) electrons. The molecule has 0 aromatic carbocycles. The van der Waals surface area contributed by atoms with Crippen LogP contribution in [0.5, 0.6) is 0 Å². The standard InChI is InChI=1S/C4H8ClFO2/c5-3(1-7)4(6)2-8/h3-4,7-8H,1-2H2. The van der Waals surface area contributed by atoms with Crippen LogP contribution >= 0.6 is 11.6 Å². The summed E-state index contributed by atoms with van der Waals surface area (Å²) in [5.41, 5.74) is 0. The van der Waals surface area contributed by atoms with Gasteiger partial charge < -0.3 is 10.2 Å². The van der Waals surface area contributed by atoms with Crippen LogP contribution in [0.2, 0.25) is 0 Å². The largest absolute Gasteiger partial charge is 0.395 e. The number of alkyl halides is 2. The Labute approximate surface area is 51.9 Å². The highest BCUT2D eigenvalue weighted by molar-refractivity contribution is 6.21. The molecule has 4 heteroatoms. The Morgan fingerprint density at radius 1 is 1.38 bits per heavy atom. The smallest absolute Gasteiger partial charge is 0.142 e. The molecule has 2 unspecified atom stereocenters. The summed E-state index contributed by atoms with van der Waals surface area (Å²) in [7, 11) is 0. The molecule has 0 saturated heterocycles. The van der Waals surface area contributed by atoms with Crippen molar-refractivity contribution >= 4 is 11.6 Å². The van der Waals surface area contributed by atoms with Crippen LogP contribution in [0.15, 0.2) is 0 Å². The summed E-state index contributed by atoms with van der Waals surface area (Å²) in [5.74, 6) is 0. The Balaban J connectivity index is 3.29. The maximum Gasteiger partial charge on any atom is 0.142 e. The quantitative estimate of drug-likeness (QED) is 0.541. The van der Waals surface area contributed by atoms with Gasteiger partial charge in [-0.15, -0.1) is 11.6 Å². The van der Waals surface area contributed by atoms with E-state index in [0.29, 0.717) is 0 Å². The molecule has 2 atom stereocenters. The van der Waals surface area contributed by atoms with E-state index in [-0.39, 0.29) is 0 Å². The molecule has 0 amide bonds. The van der Waals surface area contributed by atoms with E-state index in [9.17, 15) is 4.39 Å². The van der Waals surface area contributed by atoms with Crippen molar-refractivity contribution in [3.63, 3.8) is 0 Å². The maximum atomic E-state index is 12.0. The van der Waals surface area contributed by atoms with Crippen molar-refractivity contribution in [3.8, 4) is 0 Å². The first-order chi connectivity index (χ1) is 3.72. The zero-order chi connectivity index (χ0) is 6.57. The molecule has 8 heavy (non-hydrogen) atoms. The molecule has 2 nitrogen and oxygen atoms in total. The molecule has 0 bridgehead atoms. The van der Waals surface area contributed by atoms with Gasteiger partial charge in [0, 0.05) is 0 Å². The number of hydrogen-bond acceptors (Lipinski definition) is 2. The molecule has 0 fully saturated rings. The van der Waals surface area contributed by atoms with E-state index < -0.39 is 24.8 Å². The number of halogens is 2. The van der Waals surface area contributed by atoms with Gasteiger partial charge in [0.05, 0.1) is 18.6 Å². The summed E-state index contributed by atoms with van der Waals surface area (Å²) >= 11 is 5.13. The average Bonchev–Trinajstić information content (AvgIpc) is 1.84. The topological polar surface area (TPSA) is 40.5 Å². The van der Waals surface area contributed by atoms with E-state index in [1.807, 2.05) is 0 Å². The summed E-state index contributed by atoms with van der Waals surface area (Å²) < 4.78 is 12.0. The van der Waals surface area contributed by atoms with Crippen LogP contribution in [0.3, 0.4) is 0 Å². The Morgan fingerprint density at radius 3 is 2.00 bits per heavy atom. The SMILES string of the molecule is OCC(F)C(Cl)CO. The first-order valence-corrected chi connectivity index (χ1v) is 2.66. The lowest BCUT2D eigenvalue weighted by Gasteiger charge is -2.06. The van der Waals surface area contributed by atoms with Crippen LogP contribution in [0.1, 0.15) is 0 Å². The lowest BCUT2D eigenvalue weighted by Crippen LogP contribution is -2.23. The zero-order valence-electron chi connectivity index (χ0n) is 4.22. The molecule has 0 aliphatic carbocycles. The minimum absolute atomic E-state index is 0.441. The molecule has 2 N–H and O–H groups in total. The Bertz CT molecular complexity index is 54.0. The summed E-state index contributed by atoms with van der Waals surface area (Å²) in [6.07, 6.45) is -1.51. The predicted molar refractivity (Wildman–Crippen MR) is 28.7 cm³/mol. The second kappa shape index (κ2) is 4.06. The molecule has 0 spiro atoms. The van der Waals surface area contributed by atoms with Crippen molar-refractivity contribution in [2.45, 2.75) is 11.5 Å². The van der Waals surface area contributed by atoms with Crippen LogP contribution in [0, 0.1) is 0 Å². The lowest BCUT2D eigenvalue weighted by molar-refractivity contribution is 0.148. The number of aliphatic hydroxyl groups excluding tert-OH is 2. The molecule has 0 saturated carbocycles. The number of aliphatic hydroxyl groups is 2. The molecule has 0 aliphatic heterocycles. The van der Waals surface area contributed by atoms with E-state index in [4.69, 9.17) is 21.8 Å². The average molecular weight is 143 g/mol. The van der Waals surface area contributed by atoms with E-state index >= 15 is 0 Å². The molecule has 0 aromatic heterocycles. The molecule has 0 rings (SSSR count). The summed E-state index contributed by atoms with van der Waals surface area (Å²) in [4.78, 5) is 0. The fourth-order valence-electron chi connectivity index (χ4n) is 0.229. The second-order valence-corrected chi connectivity index (χ2v) is 1.96. The van der Waals surface area contributed by atoms with E-state index in [1.165, 1.54) is 0 Å². The normalized spacial score (nSPS) is 18.0. The van der Waals surface area contributed by atoms with Crippen LogP contribution in [0.25, 0.3) is 0 Å². The maximum absolute atomic E-state index is 12.0. The van der Waals surface area contributed by atoms with Gasteiger partial charge in [-0.25, -0.2) is 4.39 Å². The fraction of sp³-hybridized carbons (Fsp3) is 1.00. The van der Waals surface area contributed by atoms with E-state index in [1.54, 1.807) is 0 Å². The molecule has 0 heterocycles. The summed E-state index contributed by atoms with van der Waals surface area (Å²) in [5, 5.41) is 15.2. The molecular weight excluding hydrogens is 134 g/mol. The fourth-order valence-corrected chi connectivity index (χ4v) is 0.308. The van der Waals surface area contributed by atoms with Crippen molar-refractivity contribution in [2.75, 3.05) is 13.2 Å². The van der Waals surface area contributed by atoms with Crippen molar-refractivity contribution in [2.24, 2.45) is 0 Å². The van der Waals surface area contributed by atoms with Crippen molar-refractivity contribution in [3.05, 3.63) is 0 Å². The van der Waals surface area contributed by atoms with Crippen molar-refractivity contribution in [1.82, 2.24) is 0 Å². The predicted octanol–water partition coefficient (Wildman–Crippen LogP) is -0.0835. The van der Waals surface area contributed by atoms with Crippen molar-refractivity contribution in [1.29, 1.82) is 0 Å². The third-order valence-corrected chi connectivity index (χ3v) is 1.15. The lowest BCUT2D eigenvalue weighted by atomic mass is 10.3. The van der Waals surface area contributed by atoms with Gasteiger partial charge in [0.2, 0.25) is 0 Å². The number of hydrogen-bond donors (Lipinski definition) is 2. The highest BCUT2D eigenvalue weighted by Gasteiger charge is 2.15. The minimum Gasteiger partial charge on any atom is -0.395 e. The van der Waals surface area contributed by atoms with Crippen LogP contribution < -0.4 is 0 Å². The Hall–Kier alpha value is 0.140. The monoisotopic (exact) mass is 142 g/mol. The van der Waals surface area contributed by atoms with Gasteiger partial charge in [-0.1, -0.05) is 0 Å². The molecule has 0 aliphatic rings. The molecule has 0 aromatic rings. The van der Waals surface area contributed by atoms with Gasteiger partial charge >= 0.3 is 0 Å². The third-order valence-electron chi connectivity index (χ3n) is 0.741. The summed E-state index contributed by atoms with van der Waals surface area (Å²) in [6, 6.07) is 0. The van der Waals surface area contributed by atoms with Gasteiger partial charge in [-0.2, -0.15) is 0 Å². The van der Waals surface area contributed by atoms with Gasteiger partial charge in [-0.05, 0) is 0 Å². The number of rotatable bonds is 3. The first-order valence-electron chi connectivity index (χ1n) is 2.22. The van der Waals surface area contributed by atoms with Gasteiger partial charge in [-0.3, -0.25) is 0 Å². The highest BCUT2D eigenvalue weighted by atomic mass is 35.5. The first kappa shape index (κ1) is 8.14. The van der Waals surface area contributed by atoms with Gasteiger partial charge in [0.1, 0.15) is 6.17 Å². The van der Waals surface area contributed by atoms with Crippen molar-refractivity contribution < 1.29 is 14.6 Å². The van der Waals surface area contributed by atoms with Crippen LogP contribution in [0.4, 0.5) is 4.39 Å². The Morgan fingerprint density at radius 2 is 1.88 bits per heavy atom. The van der Waals surface area contributed by atoms with Crippen LogP contribution in [-0.2, 0) is 0 Å². The van der Waals surface area contributed by atoms with E-state index in [0.717, 1.165) is 0 Å². The van der Waals surface area contributed by atoms with Gasteiger partial charge in [0.25, 0.3) is 0 Å². The molecule has 50 valence electrons. The highest BCUT2D eigenvalue weighted by Crippen LogP contribution is 2.04. The van der Waals surface area contributed by atoms with Gasteiger partial charge in [0.15, 0.2) is 0 Å². The van der Waals surface area contributed by atoms with Crippen LogP contribution in [-0.4, -0.2) is 35.0 Å². The zero-order valence-corrected chi connectivity index (χ0v) is 4.98. The Kier molecular flexibility index (Phi) is 4.13. The minimum atomic E-state index is -1.51. The summed E-state index contributed by atoms with van der Waals surface area (Å²) in [6.45, 7) is -1.07.